The molecule has 1 N–H and O–H groups in total. The van der Waals surface area contributed by atoms with Gasteiger partial charge in [0.15, 0.2) is 4.77 Å². The summed E-state index contributed by atoms with van der Waals surface area (Å²) in [6, 6.07) is 10.7. The maximum Gasteiger partial charge on any atom is 0.182 e. The number of para-hydroxylation sites is 1. The van der Waals surface area contributed by atoms with Gasteiger partial charge in [0, 0.05) is 0 Å². The Morgan fingerprint density at radius 3 is 2.75 bits per heavy atom. The highest BCUT2D eigenvalue weighted by atomic mass is 32.1. The van der Waals surface area contributed by atoms with E-state index >= 15 is 0 Å². The van der Waals surface area contributed by atoms with Crippen molar-refractivity contribution in [2.45, 2.75) is 6.92 Å². The van der Waals surface area contributed by atoms with Gasteiger partial charge in [-0.1, -0.05) is 12.1 Å². The van der Waals surface area contributed by atoms with Gasteiger partial charge in [0.25, 0.3) is 0 Å². The van der Waals surface area contributed by atoms with Crippen molar-refractivity contribution in [1.29, 1.82) is 0 Å². The Bertz CT molecular complexity index is 851. The number of fused-ring (bicyclic) bond motifs is 1. The first-order valence-corrected chi connectivity index (χ1v) is 6.57. The average molecular weight is 288 g/mol. The summed E-state index contributed by atoms with van der Waals surface area (Å²) < 4.78 is 21.6. The smallest absolute Gasteiger partial charge is 0.182 e. The SMILES string of the molecule is COc1cccc2c1[nH]c(=S)n2-c1ccc(C)cc1F. The molecule has 3 nitrogen and oxygen atoms in total. The number of aromatic nitrogens is 2. The fraction of sp³-hybridized carbons (Fsp3) is 0.133. The van der Waals surface area contributed by atoms with Gasteiger partial charge in [-0.05, 0) is 49.0 Å². The Kier molecular flexibility index (Phi) is 3.06. The lowest BCUT2D eigenvalue weighted by Crippen LogP contribution is -1.98. The number of imidazole rings is 1. The number of hydrogen-bond acceptors (Lipinski definition) is 2. The summed E-state index contributed by atoms with van der Waals surface area (Å²) in [7, 11) is 1.59. The van der Waals surface area contributed by atoms with Gasteiger partial charge in [-0.2, -0.15) is 0 Å². The number of halogens is 1. The molecular weight excluding hydrogens is 275 g/mol. The van der Waals surface area contributed by atoms with Crippen LogP contribution >= 0.6 is 12.2 Å². The van der Waals surface area contributed by atoms with Crippen molar-refractivity contribution < 1.29 is 9.13 Å². The summed E-state index contributed by atoms with van der Waals surface area (Å²) in [6.07, 6.45) is 0. The lowest BCUT2D eigenvalue weighted by atomic mass is 10.2. The second kappa shape index (κ2) is 4.76. The van der Waals surface area contributed by atoms with Crippen molar-refractivity contribution in [3.8, 4) is 11.4 Å². The van der Waals surface area contributed by atoms with Crippen molar-refractivity contribution >= 4 is 23.3 Å². The van der Waals surface area contributed by atoms with Crippen LogP contribution in [0, 0.1) is 17.5 Å². The zero-order valence-corrected chi connectivity index (χ0v) is 11.9. The largest absolute Gasteiger partial charge is 0.494 e. The molecule has 1 aromatic heterocycles. The van der Waals surface area contributed by atoms with Gasteiger partial charge in [-0.3, -0.25) is 4.57 Å². The molecule has 0 aliphatic rings. The van der Waals surface area contributed by atoms with Gasteiger partial charge >= 0.3 is 0 Å². The average Bonchev–Trinajstić information content (AvgIpc) is 2.75. The Labute approximate surface area is 120 Å². The number of hydrogen-bond donors (Lipinski definition) is 1. The summed E-state index contributed by atoms with van der Waals surface area (Å²) >= 11 is 5.32. The van der Waals surface area contributed by atoms with Gasteiger partial charge in [0.1, 0.15) is 17.1 Å². The normalized spacial score (nSPS) is 10.9. The van der Waals surface area contributed by atoms with E-state index in [-0.39, 0.29) is 5.82 Å². The van der Waals surface area contributed by atoms with E-state index in [2.05, 4.69) is 4.98 Å². The third-order valence-electron chi connectivity index (χ3n) is 3.24. The quantitative estimate of drug-likeness (QED) is 0.718. The molecule has 0 amide bonds. The van der Waals surface area contributed by atoms with E-state index in [0.717, 1.165) is 16.6 Å². The minimum absolute atomic E-state index is 0.301. The molecule has 102 valence electrons. The van der Waals surface area contributed by atoms with Crippen molar-refractivity contribution in [2.75, 3.05) is 7.11 Å². The number of H-pyrrole nitrogens is 1. The van der Waals surface area contributed by atoms with Crippen LogP contribution in [0.2, 0.25) is 0 Å². The third kappa shape index (κ3) is 1.91. The van der Waals surface area contributed by atoms with Crippen molar-refractivity contribution in [1.82, 2.24) is 9.55 Å². The summed E-state index contributed by atoms with van der Waals surface area (Å²) in [6.45, 7) is 1.85. The number of ether oxygens (including phenoxy) is 1. The third-order valence-corrected chi connectivity index (χ3v) is 3.53. The fourth-order valence-corrected chi connectivity index (χ4v) is 2.61. The molecule has 3 rings (SSSR count). The molecule has 3 aromatic rings. The molecule has 2 aromatic carbocycles. The minimum atomic E-state index is -0.301. The lowest BCUT2D eigenvalue weighted by Gasteiger charge is -2.07. The summed E-state index contributed by atoms with van der Waals surface area (Å²) in [4.78, 5) is 3.07. The molecule has 0 radical (unpaired) electrons. The Balaban J connectivity index is 2.37. The highest BCUT2D eigenvalue weighted by Crippen LogP contribution is 2.28. The van der Waals surface area contributed by atoms with Gasteiger partial charge in [0.2, 0.25) is 0 Å². The first-order valence-electron chi connectivity index (χ1n) is 6.16. The monoisotopic (exact) mass is 288 g/mol. The molecule has 0 bridgehead atoms. The molecule has 0 atom stereocenters. The Morgan fingerprint density at radius 1 is 1.25 bits per heavy atom. The predicted molar refractivity (Wildman–Crippen MR) is 79.7 cm³/mol. The van der Waals surface area contributed by atoms with Crippen LogP contribution < -0.4 is 4.74 Å². The molecular formula is C15H13FN2OS. The van der Waals surface area contributed by atoms with Gasteiger partial charge < -0.3 is 9.72 Å². The second-order valence-corrected chi connectivity index (χ2v) is 4.96. The summed E-state index contributed by atoms with van der Waals surface area (Å²) in [5.74, 6) is 0.379. The van der Waals surface area contributed by atoms with Crippen LogP contribution in [0.25, 0.3) is 16.7 Å². The van der Waals surface area contributed by atoms with Crippen LogP contribution in [0.5, 0.6) is 5.75 Å². The van der Waals surface area contributed by atoms with Crippen LogP contribution in [0.4, 0.5) is 4.39 Å². The first kappa shape index (κ1) is 12.9. The molecule has 0 aliphatic carbocycles. The Hall–Kier alpha value is -2.14. The number of methoxy groups -OCH3 is 1. The second-order valence-electron chi connectivity index (χ2n) is 4.57. The molecule has 1 heterocycles. The molecule has 0 unspecified atom stereocenters. The highest BCUT2D eigenvalue weighted by Gasteiger charge is 2.13. The van der Waals surface area contributed by atoms with Gasteiger partial charge in [0.05, 0.1) is 18.3 Å². The molecule has 0 saturated carbocycles. The van der Waals surface area contributed by atoms with Crippen LogP contribution in [-0.4, -0.2) is 16.7 Å². The minimum Gasteiger partial charge on any atom is -0.494 e. The molecule has 0 fully saturated rings. The van der Waals surface area contributed by atoms with Crippen molar-refractivity contribution in [3.05, 3.63) is 52.5 Å². The van der Waals surface area contributed by atoms with Crippen LogP contribution in [0.3, 0.4) is 0 Å². The van der Waals surface area contributed by atoms with E-state index < -0.39 is 0 Å². The molecule has 20 heavy (non-hydrogen) atoms. The number of rotatable bonds is 2. The van der Waals surface area contributed by atoms with Crippen LogP contribution in [0.15, 0.2) is 36.4 Å². The van der Waals surface area contributed by atoms with E-state index in [0.29, 0.717) is 16.2 Å². The molecule has 0 saturated heterocycles. The zero-order chi connectivity index (χ0) is 14.3. The highest BCUT2D eigenvalue weighted by molar-refractivity contribution is 7.71. The maximum atomic E-state index is 14.2. The Morgan fingerprint density at radius 2 is 2.05 bits per heavy atom. The maximum absolute atomic E-state index is 14.2. The van der Waals surface area contributed by atoms with E-state index in [1.165, 1.54) is 6.07 Å². The van der Waals surface area contributed by atoms with Crippen molar-refractivity contribution in [2.24, 2.45) is 0 Å². The lowest BCUT2D eigenvalue weighted by molar-refractivity contribution is 0.419. The van der Waals surface area contributed by atoms with E-state index in [1.807, 2.05) is 31.2 Å². The first-order chi connectivity index (χ1) is 9.61. The summed E-state index contributed by atoms with van der Waals surface area (Å²) in [5.41, 5.74) is 2.85. The predicted octanol–water partition coefficient (Wildman–Crippen LogP) is 4.14. The number of aromatic amines is 1. The van der Waals surface area contributed by atoms with E-state index in [4.69, 9.17) is 17.0 Å². The number of nitrogens with zero attached hydrogens (tertiary/aromatic N) is 1. The standard InChI is InChI=1S/C15H13FN2OS/c1-9-6-7-11(10(16)8-9)18-12-4-3-5-13(19-2)14(12)17-15(18)20/h3-8H,1-2H3,(H,17,20). The topological polar surface area (TPSA) is 29.9 Å². The summed E-state index contributed by atoms with van der Waals surface area (Å²) in [5, 5.41) is 0. The van der Waals surface area contributed by atoms with E-state index in [1.54, 1.807) is 17.7 Å². The van der Waals surface area contributed by atoms with Crippen LogP contribution in [-0.2, 0) is 0 Å². The molecule has 0 aliphatic heterocycles. The zero-order valence-electron chi connectivity index (χ0n) is 11.1. The van der Waals surface area contributed by atoms with Gasteiger partial charge in [-0.25, -0.2) is 4.39 Å². The number of aryl methyl sites for hydroxylation is 1. The molecule has 5 heteroatoms. The van der Waals surface area contributed by atoms with Crippen LogP contribution in [0.1, 0.15) is 5.56 Å². The fourth-order valence-electron chi connectivity index (χ4n) is 2.31. The number of nitrogens with one attached hydrogen (secondary N) is 1. The van der Waals surface area contributed by atoms with Crippen molar-refractivity contribution in [3.63, 3.8) is 0 Å². The van der Waals surface area contributed by atoms with E-state index in [9.17, 15) is 4.39 Å². The molecule has 0 spiro atoms. The number of benzene rings is 2. The van der Waals surface area contributed by atoms with Gasteiger partial charge in [-0.15, -0.1) is 0 Å².